The molecule has 3 aromatic rings. The highest BCUT2D eigenvalue weighted by Gasteiger charge is 2.42. The predicted molar refractivity (Wildman–Crippen MR) is 139 cm³/mol. The first kappa shape index (κ1) is 23.3. The first-order valence-corrected chi connectivity index (χ1v) is 14.3. The second kappa shape index (κ2) is 8.95. The molecule has 0 saturated carbocycles. The number of thiocarbonyl (C=S) groups is 1. The number of sulfone groups is 1. The maximum absolute atomic E-state index is 13.4. The first-order valence-electron chi connectivity index (χ1n) is 10.5. The average Bonchev–Trinajstić information content (AvgIpc) is 3.29. The number of pyridine rings is 1. The summed E-state index contributed by atoms with van der Waals surface area (Å²) in [6.45, 7) is 2.00. The molecule has 0 bridgehead atoms. The number of hydrogen-bond donors (Lipinski definition) is 0. The molecular weight excluding hydrogens is 511 g/mol. The number of amides is 1. The van der Waals surface area contributed by atoms with Crippen LogP contribution in [0.2, 0.25) is 0 Å². The number of nitrogens with zero attached hydrogens (tertiary/aromatic N) is 3. The Morgan fingerprint density at radius 2 is 1.94 bits per heavy atom. The molecule has 0 radical (unpaired) electrons. The Balaban J connectivity index is 1.58. The zero-order valence-electron chi connectivity index (χ0n) is 18.0. The van der Waals surface area contributed by atoms with Gasteiger partial charge in [-0.05, 0) is 43.7 Å². The SMILES string of the molecule is Cc1ccc(Sc2nc3ccccn3c(=O)c2/C=C2/SC(=S)N(C3CCS(=O)(=O)C3)C2=O)cc1. The largest absolute Gasteiger partial charge is 0.289 e. The van der Waals surface area contributed by atoms with E-state index in [4.69, 9.17) is 17.2 Å². The molecule has 2 fully saturated rings. The second-order valence-electron chi connectivity index (χ2n) is 8.09. The fourth-order valence-corrected chi connectivity index (χ4v) is 7.88. The fraction of sp³-hybridized carbons (Fsp3) is 0.217. The molecule has 7 nitrogen and oxygen atoms in total. The van der Waals surface area contributed by atoms with Gasteiger partial charge in [0, 0.05) is 11.1 Å². The van der Waals surface area contributed by atoms with Gasteiger partial charge < -0.3 is 0 Å². The Hall–Kier alpha value is -2.47. The van der Waals surface area contributed by atoms with Crippen molar-refractivity contribution >= 4 is 67.5 Å². The number of aromatic nitrogens is 2. The van der Waals surface area contributed by atoms with Gasteiger partial charge in [0.2, 0.25) is 0 Å². The van der Waals surface area contributed by atoms with Crippen molar-refractivity contribution in [3.05, 3.63) is 75.0 Å². The van der Waals surface area contributed by atoms with E-state index in [1.807, 2.05) is 37.3 Å². The smallest absolute Gasteiger partial charge is 0.266 e. The molecule has 2 saturated heterocycles. The summed E-state index contributed by atoms with van der Waals surface area (Å²) in [5.74, 6) is -0.427. The van der Waals surface area contributed by atoms with Crippen LogP contribution in [0.3, 0.4) is 0 Å². The maximum atomic E-state index is 13.4. The lowest BCUT2D eigenvalue weighted by Crippen LogP contribution is -2.39. The minimum Gasteiger partial charge on any atom is -0.289 e. The highest BCUT2D eigenvalue weighted by Crippen LogP contribution is 2.37. The van der Waals surface area contributed by atoms with Crippen LogP contribution in [-0.4, -0.2) is 50.5 Å². The quantitative estimate of drug-likeness (QED) is 0.288. The van der Waals surface area contributed by atoms with Crippen LogP contribution in [0, 0.1) is 6.92 Å². The summed E-state index contributed by atoms with van der Waals surface area (Å²) in [5, 5.41) is 0.480. The fourth-order valence-electron chi connectivity index (χ4n) is 3.91. The molecule has 0 aliphatic carbocycles. The summed E-state index contributed by atoms with van der Waals surface area (Å²) < 4.78 is 25.6. The molecule has 0 spiro atoms. The normalized spacial score (nSPS) is 21.1. The second-order valence-corrected chi connectivity index (χ2v) is 13.1. The Morgan fingerprint density at radius 1 is 1.18 bits per heavy atom. The molecule has 2 aromatic heterocycles. The van der Waals surface area contributed by atoms with Crippen molar-refractivity contribution in [3.8, 4) is 0 Å². The van der Waals surface area contributed by atoms with Crippen molar-refractivity contribution in [2.24, 2.45) is 0 Å². The molecule has 0 N–H and O–H groups in total. The van der Waals surface area contributed by atoms with Gasteiger partial charge in [0.1, 0.15) is 15.0 Å². The molecule has 1 amide bonds. The van der Waals surface area contributed by atoms with E-state index in [-0.39, 0.29) is 33.4 Å². The van der Waals surface area contributed by atoms with Crippen molar-refractivity contribution in [3.63, 3.8) is 0 Å². The lowest BCUT2D eigenvalue weighted by Gasteiger charge is -2.20. The molecule has 34 heavy (non-hydrogen) atoms. The van der Waals surface area contributed by atoms with Gasteiger partial charge >= 0.3 is 0 Å². The molecule has 174 valence electrons. The predicted octanol–water partition coefficient (Wildman–Crippen LogP) is 3.54. The number of fused-ring (bicyclic) bond motifs is 1. The van der Waals surface area contributed by atoms with E-state index in [1.54, 1.807) is 18.3 Å². The lowest BCUT2D eigenvalue weighted by molar-refractivity contribution is -0.123. The van der Waals surface area contributed by atoms with Crippen molar-refractivity contribution in [2.75, 3.05) is 11.5 Å². The summed E-state index contributed by atoms with van der Waals surface area (Å²) in [6, 6.07) is 12.7. The monoisotopic (exact) mass is 529 g/mol. The Kier molecular flexibility index (Phi) is 6.13. The number of hydrogen-bond acceptors (Lipinski definition) is 8. The van der Waals surface area contributed by atoms with Gasteiger partial charge in [0.25, 0.3) is 11.5 Å². The van der Waals surface area contributed by atoms with E-state index >= 15 is 0 Å². The van der Waals surface area contributed by atoms with Crippen LogP contribution in [0.25, 0.3) is 11.7 Å². The summed E-state index contributed by atoms with van der Waals surface area (Å²) in [4.78, 5) is 33.9. The van der Waals surface area contributed by atoms with Crippen LogP contribution < -0.4 is 5.56 Å². The number of thioether (sulfide) groups is 1. The van der Waals surface area contributed by atoms with E-state index < -0.39 is 15.9 Å². The van der Waals surface area contributed by atoms with Gasteiger partial charge in [-0.2, -0.15) is 0 Å². The molecule has 1 unspecified atom stereocenters. The minimum absolute atomic E-state index is 0.0427. The number of benzene rings is 1. The molecule has 4 heterocycles. The van der Waals surface area contributed by atoms with Crippen molar-refractivity contribution in [1.29, 1.82) is 0 Å². The Bertz CT molecular complexity index is 1530. The van der Waals surface area contributed by atoms with E-state index in [2.05, 4.69) is 0 Å². The number of carbonyl (C=O) groups is 1. The molecule has 2 aliphatic heterocycles. The molecule has 11 heteroatoms. The lowest BCUT2D eigenvalue weighted by atomic mass is 10.2. The van der Waals surface area contributed by atoms with Gasteiger partial charge in [-0.15, -0.1) is 0 Å². The summed E-state index contributed by atoms with van der Waals surface area (Å²) >= 11 is 7.84. The minimum atomic E-state index is -3.18. The third-order valence-corrected chi connectivity index (χ3v) is 9.74. The molecule has 1 atom stereocenters. The number of aryl methyl sites for hydroxylation is 1. The zero-order chi connectivity index (χ0) is 24.0. The van der Waals surface area contributed by atoms with Gasteiger partial charge in [0.05, 0.1) is 28.0 Å². The van der Waals surface area contributed by atoms with Gasteiger partial charge in [0.15, 0.2) is 9.84 Å². The van der Waals surface area contributed by atoms with Crippen LogP contribution >= 0.6 is 35.7 Å². The molecular formula is C23H19N3O4S4. The highest BCUT2D eigenvalue weighted by atomic mass is 32.2. The van der Waals surface area contributed by atoms with Gasteiger partial charge in [-0.3, -0.25) is 18.9 Å². The Labute approximate surface area is 210 Å². The summed E-state index contributed by atoms with van der Waals surface area (Å²) in [5.41, 5.74) is 1.61. The molecule has 1 aromatic carbocycles. The standard InChI is InChI=1S/C23H19N3O4S4/c1-14-5-7-16(8-6-14)32-20-17(21(27)25-10-3-2-4-19(25)24-20)12-18-22(28)26(23(31)33-18)15-9-11-34(29,30)13-15/h2-8,10,12,15H,9,11,13H2,1H3/b18-12+. The maximum Gasteiger partial charge on any atom is 0.266 e. The van der Waals surface area contributed by atoms with E-state index in [1.165, 1.54) is 27.1 Å². The first-order chi connectivity index (χ1) is 16.2. The van der Waals surface area contributed by atoms with Gasteiger partial charge in [-0.25, -0.2) is 13.4 Å². The molecule has 5 rings (SSSR count). The third kappa shape index (κ3) is 4.45. The zero-order valence-corrected chi connectivity index (χ0v) is 21.3. The van der Waals surface area contributed by atoms with Gasteiger partial charge in [-0.1, -0.05) is 59.5 Å². The van der Waals surface area contributed by atoms with E-state index in [0.29, 0.717) is 21.4 Å². The summed E-state index contributed by atoms with van der Waals surface area (Å²) in [6.07, 6.45) is 3.53. The molecule has 2 aliphatic rings. The van der Waals surface area contributed by atoms with Crippen LogP contribution in [0.15, 0.2) is 68.3 Å². The summed E-state index contributed by atoms with van der Waals surface area (Å²) in [7, 11) is -3.18. The van der Waals surface area contributed by atoms with Crippen molar-refractivity contribution in [2.45, 2.75) is 29.3 Å². The topological polar surface area (TPSA) is 88.8 Å². The highest BCUT2D eigenvalue weighted by molar-refractivity contribution is 8.26. The average molecular weight is 530 g/mol. The van der Waals surface area contributed by atoms with E-state index in [0.717, 1.165) is 22.2 Å². The Morgan fingerprint density at radius 3 is 2.65 bits per heavy atom. The van der Waals surface area contributed by atoms with Crippen molar-refractivity contribution < 1.29 is 13.2 Å². The van der Waals surface area contributed by atoms with Crippen LogP contribution in [0.4, 0.5) is 0 Å². The van der Waals surface area contributed by atoms with E-state index in [9.17, 15) is 18.0 Å². The van der Waals surface area contributed by atoms with Crippen LogP contribution in [0.5, 0.6) is 0 Å². The van der Waals surface area contributed by atoms with Crippen molar-refractivity contribution in [1.82, 2.24) is 14.3 Å². The number of rotatable bonds is 4. The van der Waals surface area contributed by atoms with Crippen LogP contribution in [-0.2, 0) is 14.6 Å². The third-order valence-electron chi connectivity index (χ3n) is 5.64. The number of carbonyl (C=O) groups excluding carboxylic acids is 1. The van der Waals surface area contributed by atoms with Crippen LogP contribution in [0.1, 0.15) is 17.5 Å².